The molecule has 20 heavy (non-hydrogen) atoms. The third-order valence-electron chi connectivity index (χ3n) is 3.64. The van der Waals surface area contributed by atoms with Crippen LogP contribution in [0.1, 0.15) is 27.4 Å². The minimum Gasteiger partial charge on any atom is -0.351 e. The maximum atomic E-state index is 13.2. The van der Waals surface area contributed by atoms with Crippen molar-refractivity contribution in [3.63, 3.8) is 0 Å². The molecule has 2 aromatic rings. The molecule has 0 saturated heterocycles. The Hall–Kier alpha value is -1.68. The highest BCUT2D eigenvalue weighted by molar-refractivity contribution is 9.10. The Morgan fingerprint density at radius 1 is 1.30 bits per heavy atom. The number of halogens is 2. The highest BCUT2D eigenvalue weighted by Gasteiger charge is 2.25. The van der Waals surface area contributed by atoms with Gasteiger partial charge in [0, 0.05) is 16.9 Å². The smallest absolute Gasteiger partial charge is 0.252 e. The van der Waals surface area contributed by atoms with Crippen molar-refractivity contribution < 1.29 is 9.18 Å². The summed E-state index contributed by atoms with van der Waals surface area (Å²) >= 11 is 3.27. The summed E-state index contributed by atoms with van der Waals surface area (Å²) in [5.41, 5.74) is 2.97. The molecular formula is C16H13BrFNO. The van der Waals surface area contributed by atoms with Gasteiger partial charge in [-0.15, -0.1) is 0 Å². The number of rotatable bonds is 3. The van der Waals surface area contributed by atoms with E-state index < -0.39 is 5.82 Å². The fourth-order valence-corrected chi connectivity index (χ4v) is 2.95. The molecule has 2 aromatic carbocycles. The lowest BCUT2D eigenvalue weighted by molar-refractivity contribution is 0.0949. The molecule has 1 N–H and O–H groups in total. The van der Waals surface area contributed by atoms with Crippen molar-refractivity contribution in [2.24, 2.45) is 0 Å². The summed E-state index contributed by atoms with van der Waals surface area (Å²) in [4.78, 5) is 12.1. The van der Waals surface area contributed by atoms with Gasteiger partial charge in [-0.25, -0.2) is 4.39 Å². The second kappa shape index (κ2) is 5.37. The average molecular weight is 334 g/mol. The molecule has 1 aliphatic rings. The van der Waals surface area contributed by atoms with Gasteiger partial charge in [0.2, 0.25) is 0 Å². The molecular weight excluding hydrogens is 321 g/mol. The summed E-state index contributed by atoms with van der Waals surface area (Å²) in [6, 6.07) is 12.3. The summed E-state index contributed by atoms with van der Waals surface area (Å²) in [7, 11) is 0. The number of benzene rings is 2. The van der Waals surface area contributed by atoms with Crippen molar-refractivity contribution >= 4 is 21.8 Å². The lowest BCUT2D eigenvalue weighted by Crippen LogP contribution is -2.33. The van der Waals surface area contributed by atoms with Crippen LogP contribution in [0.2, 0.25) is 0 Å². The third kappa shape index (κ3) is 2.48. The Balaban J connectivity index is 1.65. The van der Waals surface area contributed by atoms with E-state index in [1.165, 1.54) is 23.3 Å². The van der Waals surface area contributed by atoms with E-state index in [0.29, 0.717) is 22.5 Å². The van der Waals surface area contributed by atoms with Gasteiger partial charge >= 0.3 is 0 Å². The van der Waals surface area contributed by atoms with Gasteiger partial charge in [-0.1, -0.05) is 24.3 Å². The third-order valence-corrected chi connectivity index (χ3v) is 4.33. The molecule has 1 atom stereocenters. The molecule has 4 heteroatoms. The van der Waals surface area contributed by atoms with E-state index in [-0.39, 0.29) is 5.91 Å². The zero-order chi connectivity index (χ0) is 14.1. The number of fused-ring (bicyclic) bond motifs is 1. The molecule has 0 aromatic heterocycles. The van der Waals surface area contributed by atoms with Crippen molar-refractivity contribution in [2.45, 2.75) is 12.3 Å². The van der Waals surface area contributed by atoms with Gasteiger partial charge in [-0.05, 0) is 51.7 Å². The predicted octanol–water partition coefficient (Wildman–Crippen LogP) is 3.66. The van der Waals surface area contributed by atoms with Crippen molar-refractivity contribution in [3.05, 3.63) is 69.4 Å². The normalized spacial score (nSPS) is 16.2. The average Bonchev–Trinajstić information content (AvgIpc) is 2.42. The number of amides is 1. The Labute approximate surface area is 125 Å². The Kier molecular flexibility index (Phi) is 3.57. The van der Waals surface area contributed by atoms with Crippen LogP contribution in [0, 0.1) is 5.82 Å². The molecule has 3 rings (SSSR count). The molecule has 1 aliphatic carbocycles. The first-order valence-corrected chi connectivity index (χ1v) is 7.25. The van der Waals surface area contributed by atoms with E-state index in [0.717, 1.165) is 6.42 Å². The maximum Gasteiger partial charge on any atom is 0.252 e. The molecule has 0 heterocycles. The Bertz CT molecular complexity index is 671. The van der Waals surface area contributed by atoms with Gasteiger partial charge in [0.15, 0.2) is 0 Å². The lowest BCUT2D eigenvalue weighted by atomic mass is 9.77. The summed E-state index contributed by atoms with van der Waals surface area (Å²) in [6.07, 6.45) is 0.987. The quantitative estimate of drug-likeness (QED) is 0.912. The standard InChI is InChI=1S/C16H13BrFNO/c17-15-6-5-12(18)8-14(15)16(20)19-9-11-7-10-3-1-2-4-13(10)11/h1-6,8,11H,7,9H2,(H,19,20). The van der Waals surface area contributed by atoms with Crippen LogP contribution < -0.4 is 5.32 Å². The van der Waals surface area contributed by atoms with Crippen LogP contribution in [0.15, 0.2) is 46.9 Å². The zero-order valence-corrected chi connectivity index (χ0v) is 12.3. The van der Waals surface area contributed by atoms with Crippen molar-refractivity contribution in [3.8, 4) is 0 Å². The van der Waals surface area contributed by atoms with E-state index in [2.05, 4.69) is 33.4 Å². The molecule has 0 spiro atoms. The van der Waals surface area contributed by atoms with Crippen LogP contribution >= 0.6 is 15.9 Å². The van der Waals surface area contributed by atoms with Gasteiger partial charge in [-0.3, -0.25) is 4.79 Å². The van der Waals surface area contributed by atoms with Crippen LogP contribution in [0.4, 0.5) is 4.39 Å². The zero-order valence-electron chi connectivity index (χ0n) is 10.7. The van der Waals surface area contributed by atoms with Gasteiger partial charge in [0.05, 0.1) is 5.56 Å². The van der Waals surface area contributed by atoms with Crippen LogP contribution in [0.25, 0.3) is 0 Å². The first-order valence-electron chi connectivity index (χ1n) is 6.46. The molecule has 1 amide bonds. The second-order valence-electron chi connectivity index (χ2n) is 4.93. The number of carbonyl (C=O) groups is 1. The number of hydrogen-bond donors (Lipinski definition) is 1. The van der Waals surface area contributed by atoms with Gasteiger partial charge in [-0.2, -0.15) is 0 Å². The van der Waals surface area contributed by atoms with Crippen molar-refractivity contribution in [1.29, 1.82) is 0 Å². The molecule has 0 bridgehead atoms. The van der Waals surface area contributed by atoms with Gasteiger partial charge < -0.3 is 5.32 Å². The van der Waals surface area contributed by atoms with Gasteiger partial charge in [0.25, 0.3) is 5.91 Å². The maximum absolute atomic E-state index is 13.2. The topological polar surface area (TPSA) is 29.1 Å². The second-order valence-corrected chi connectivity index (χ2v) is 5.79. The Morgan fingerprint density at radius 3 is 2.90 bits per heavy atom. The number of hydrogen-bond acceptors (Lipinski definition) is 1. The van der Waals surface area contributed by atoms with Crippen molar-refractivity contribution in [2.75, 3.05) is 6.54 Å². The SMILES string of the molecule is O=C(NCC1Cc2ccccc21)c1cc(F)ccc1Br. The summed E-state index contributed by atoms with van der Waals surface area (Å²) in [5, 5.41) is 2.87. The first-order chi connectivity index (χ1) is 9.65. The molecule has 0 saturated carbocycles. The predicted molar refractivity (Wildman–Crippen MR) is 79.3 cm³/mol. The molecule has 0 radical (unpaired) electrons. The fraction of sp³-hybridized carbons (Fsp3) is 0.188. The van der Waals surface area contributed by atoms with Crippen molar-refractivity contribution in [1.82, 2.24) is 5.32 Å². The highest BCUT2D eigenvalue weighted by Crippen LogP contribution is 2.34. The van der Waals surface area contributed by atoms with Gasteiger partial charge in [0.1, 0.15) is 5.82 Å². The highest BCUT2D eigenvalue weighted by atomic mass is 79.9. The number of carbonyl (C=O) groups excluding carboxylic acids is 1. The van der Waals surface area contributed by atoms with E-state index >= 15 is 0 Å². The number of nitrogens with one attached hydrogen (secondary N) is 1. The van der Waals surface area contributed by atoms with E-state index in [4.69, 9.17) is 0 Å². The lowest BCUT2D eigenvalue weighted by Gasteiger charge is -2.30. The molecule has 102 valence electrons. The van der Waals surface area contributed by atoms with E-state index in [9.17, 15) is 9.18 Å². The minimum absolute atomic E-state index is 0.249. The van der Waals surface area contributed by atoms with E-state index in [1.54, 1.807) is 6.07 Å². The monoisotopic (exact) mass is 333 g/mol. The fourth-order valence-electron chi connectivity index (χ4n) is 2.53. The summed E-state index contributed by atoms with van der Waals surface area (Å²) in [5.74, 6) is -0.296. The largest absolute Gasteiger partial charge is 0.351 e. The summed E-state index contributed by atoms with van der Waals surface area (Å²) in [6.45, 7) is 0.582. The molecule has 0 fully saturated rings. The minimum atomic E-state index is -0.410. The Morgan fingerprint density at radius 2 is 2.10 bits per heavy atom. The van der Waals surface area contributed by atoms with Crippen LogP contribution in [0.3, 0.4) is 0 Å². The van der Waals surface area contributed by atoms with Crippen LogP contribution in [-0.4, -0.2) is 12.5 Å². The molecule has 2 nitrogen and oxygen atoms in total. The molecule has 1 unspecified atom stereocenters. The van der Waals surface area contributed by atoms with Crippen LogP contribution in [0.5, 0.6) is 0 Å². The first kappa shape index (κ1) is 13.3. The summed E-state index contributed by atoms with van der Waals surface area (Å²) < 4.78 is 13.8. The molecule has 0 aliphatic heterocycles. The van der Waals surface area contributed by atoms with Crippen LogP contribution in [-0.2, 0) is 6.42 Å². The van der Waals surface area contributed by atoms with E-state index in [1.807, 2.05) is 12.1 Å².